The standard InChI is InChI=1S/C16H25N2O6/c1-2-3-10-24-15(22)16(8-6-11(17)7-9-16)14(21)18(23)12(19)4-5-13(18)20/h11,23H,2-10,17H2,1H3/q+1/t11-,16-. The molecular formula is C16H25N2O6+. The number of carbonyl (C=O) groups excluding carboxylic acids is 4. The second kappa shape index (κ2) is 7.08. The number of quaternary nitrogens is 1. The summed E-state index contributed by atoms with van der Waals surface area (Å²) in [6.07, 6.45) is 1.96. The fourth-order valence-electron chi connectivity index (χ4n) is 3.30. The molecule has 24 heavy (non-hydrogen) atoms. The van der Waals surface area contributed by atoms with Gasteiger partial charge in [0.1, 0.15) is 0 Å². The lowest BCUT2D eigenvalue weighted by molar-refractivity contribution is -0.907. The first-order valence-corrected chi connectivity index (χ1v) is 8.45. The molecule has 1 saturated heterocycles. The van der Waals surface area contributed by atoms with Gasteiger partial charge in [0.2, 0.25) is 0 Å². The van der Waals surface area contributed by atoms with Crippen LogP contribution in [0.3, 0.4) is 0 Å². The molecule has 8 heteroatoms. The zero-order valence-electron chi connectivity index (χ0n) is 14.0. The van der Waals surface area contributed by atoms with E-state index in [9.17, 15) is 24.4 Å². The first kappa shape index (κ1) is 18.7. The zero-order valence-corrected chi connectivity index (χ0v) is 14.0. The second-order valence-electron chi connectivity index (χ2n) is 6.64. The van der Waals surface area contributed by atoms with Gasteiger partial charge in [0.15, 0.2) is 5.41 Å². The molecular weight excluding hydrogens is 316 g/mol. The quantitative estimate of drug-likeness (QED) is 0.189. The number of hydrogen-bond acceptors (Lipinski definition) is 7. The van der Waals surface area contributed by atoms with Crippen molar-refractivity contribution in [2.75, 3.05) is 6.61 Å². The molecule has 1 aliphatic carbocycles. The van der Waals surface area contributed by atoms with Crippen molar-refractivity contribution >= 4 is 23.7 Å². The van der Waals surface area contributed by atoms with Gasteiger partial charge in [0.05, 0.1) is 19.4 Å². The van der Waals surface area contributed by atoms with Crippen LogP contribution < -0.4 is 5.73 Å². The average Bonchev–Trinajstić information content (AvgIpc) is 2.83. The maximum atomic E-state index is 13.0. The van der Waals surface area contributed by atoms with Crippen LogP contribution in [0.2, 0.25) is 0 Å². The van der Waals surface area contributed by atoms with Crippen LogP contribution >= 0.6 is 0 Å². The Balaban J connectivity index is 2.32. The Morgan fingerprint density at radius 2 is 1.79 bits per heavy atom. The van der Waals surface area contributed by atoms with Gasteiger partial charge in [-0.25, -0.2) is 14.4 Å². The van der Waals surface area contributed by atoms with E-state index < -0.39 is 33.8 Å². The Hall–Kier alpha value is -1.64. The van der Waals surface area contributed by atoms with Crippen molar-refractivity contribution in [1.29, 1.82) is 0 Å². The lowest BCUT2D eigenvalue weighted by Gasteiger charge is -2.36. The molecule has 2 rings (SSSR count). The van der Waals surface area contributed by atoms with Gasteiger partial charge >= 0.3 is 23.7 Å². The molecule has 1 saturated carbocycles. The molecule has 0 radical (unpaired) electrons. The maximum Gasteiger partial charge on any atom is 0.378 e. The molecule has 0 atom stereocenters. The summed E-state index contributed by atoms with van der Waals surface area (Å²) in [5, 5.41) is 10.5. The number of nitrogens with two attached hydrogens (primary N) is 1. The lowest BCUT2D eigenvalue weighted by atomic mass is 9.71. The van der Waals surface area contributed by atoms with Crippen molar-refractivity contribution in [1.82, 2.24) is 0 Å². The van der Waals surface area contributed by atoms with Crippen LogP contribution in [-0.2, 0) is 23.9 Å². The predicted molar refractivity (Wildman–Crippen MR) is 81.0 cm³/mol. The molecule has 1 aliphatic heterocycles. The third-order valence-corrected chi connectivity index (χ3v) is 4.98. The largest absolute Gasteiger partial charge is 0.465 e. The van der Waals surface area contributed by atoms with Crippen molar-refractivity contribution in [2.45, 2.75) is 64.3 Å². The van der Waals surface area contributed by atoms with Crippen molar-refractivity contribution in [3.63, 3.8) is 0 Å². The Kier molecular flexibility index (Phi) is 5.52. The Labute approximate surface area is 140 Å². The number of hydroxylamine groups is 3. The van der Waals surface area contributed by atoms with Crippen LogP contribution in [0.4, 0.5) is 0 Å². The van der Waals surface area contributed by atoms with Gasteiger partial charge in [-0.15, -0.1) is 0 Å². The van der Waals surface area contributed by atoms with Gasteiger partial charge < -0.3 is 10.5 Å². The number of ether oxygens (including phenoxy) is 1. The van der Waals surface area contributed by atoms with E-state index >= 15 is 0 Å². The number of esters is 1. The average molecular weight is 341 g/mol. The predicted octanol–water partition coefficient (Wildman–Crippen LogP) is 0.797. The van der Waals surface area contributed by atoms with Gasteiger partial charge in [-0.2, -0.15) is 5.21 Å². The highest BCUT2D eigenvalue weighted by Crippen LogP contribution is 2.42. The van der Waals surface area contributed by atoms with E-state index in [1.165, 1.54) is 0 Å². The number of hydrogen-bond donors (Lipinski definition) is 2. The maximum absolute atomic E-state index is 13.0. The molecule has 2 aliphatic rings. The number of amides is 3. The van der Waals surface area contributed by atoms with E-state index in [4.69, 9.17) is 10.5 Å². The van der Waals surface area contributed by atoms with Crippen molar-refractivity contribution in [2.24, 2.45) is 11.1 Å². The third kappa shape index (κ3) is 3.01. The van der Waals surface area contributed by atoms with Crippen molar-refractivity contribution < 1.29 is 33.8 Å². The topological polar surface area (TPSA) is 124 Å². The van der Waals surface area contributed by atoms with E-state index in [1.54, 1.807) is 0 Å². The minimum absolute atomic E-state index is 0.0685. The van der Waals surface area contributed by atoms with Crippen LogP contribution in [0.1, 0.15) is 58.3 Å². The summed E-state index contributed by atoms with van der Waals surface area (Å²) in [6.45, 7) is 2.09. The van der Waals surface area contributed by atoms with Gasteiger partial charge in [-0.05, 0) is 32.1 Å². The summed E-state index contributed by atoms with van der Waals surface area (Å²) in [5.41, 5.74) is 4.17. The van der Waals surface area contributed by atoms with Crippen molar-refractivity contribution in [3.8, 4) is 0 Å². The summed E-state index contributed by atoms with van der Waals surface area (Å²) in [5.74, 6) is -3.63. The molecule has 134 valence electrons. The molecule has 0 unspecified atom stereocenters. The number of imide groups is 3. The van der Waals surface area contributed by atoms with Gasteiger partial charge in [0, 0.05) is 10.7 Å². The van der Waals surface area contributed by atoms with Crippen LogP contribution in [0, 0.1) is 5.41 Å². The van der Waals surface area contributed by atoms with Gasteiger partial charge in [0.25, 0.3) is 0 Å². The van der Waals surface area contributed by atoms with Crippen molar-refractivity contribution in [3.05, 3.63) is 0 Å². The highest BCUT2D eigenvalue weighted by atomic mass is 16.6. The Bertz CT molecular complexity index is 535. The van der Waals surface area contributed by atoms with E-state index in [0.29, 0.717) is 19.3 Å². The fraction of sp³-hybridized carbons (Fsp3) is 0.750. The number of likely N-dealkylation sites (tertiary alicyclic amines) is 1. The van der Waals surface area contributed by atoms with E-state index in [2.05, 4.69) is 0 Å². The number of unbranched alkanes of at least 4 members (excludes halogenated alkanes) is 1. The lowest BCUT2D eigenvalue weighted by Crippen LogP contribution is -2.63. The first-order chi connectivity index (χ1) is 11.3. The highest BCUT2D eigenvalue weighted by Gasteiger charge is 2.66. The fourth-order valence-corrected chi connectivity index (χ4v) is 3.30. The number of rotatable bonds is 5. The van der Waals surface area contributed by atoms with Crippen LogP contribution in [0.15, 0.2) is 0 Å². The molecule has 0 aromatic heterocycles. The summed E-state index contributed by atoms with van der Waals surface area (Å²) in [4.78, 5) is 49.6. The third-order valence-electron chi connectivity index (χ3n) is 4.98. The minimum atomic E-state index is -1.92. The molecule has 3 N–H and O–H groups in total. The van der Waals surface area contributed by atoms with Crippen LogP contribution in [0.5, 0.6) is 0 Å². The molecule has 3 amide bonds. The van der Waals surface area contributed by atoms with E-state index in [1.807, 2.05) is 6.92 Å². The first-order valence-electron chi connectivity index (χ1n) is 8.45. The molecule has 0 spiro atoms. The molecule has 1 heterocycles. The van der Waals surface area contributed by atoms with Crippen LogP contribution in [-0.4, -0.2) is 46.2 Å². The molecule has 8 nitrogen and oxygen atoms in total. The summed E-state index contributed by atoms with van der Waals surface area (Å²) in [6, 6.07) is -0.161. The summed E-state index contributed by atoms with van der Waals surface area (Å²) < 4.78 is 3.29. The Morgan fingerprint density at radius 3 is 2.29 bits per heavy atom. The SMILES string of the molecule is CCCCOC(=O)[C@]1(C(=O)[N+]2(O)C(=O)CCC2=O)CC[C@@H](N)CC1. The van der Waals surface area contributed by atoms with Gasteiger partial charge in [-0.3, -0.25) is 4.79 Å². The molecule has 0 aromatic rings. The van der Waals surface area contributed by atoms with Gasteiger partial charge in [-0.1, -0.05) is 13.3 Å². The summed E-state index contributed by atoms with van der Waals surface area (Å²) in [7, 11) is 0. The second-order valence-corrected chi connectivity index (χ2v) is 6.64. The monoisotopic (exact) mass is 341 g/mol. The molecule has 0 aromatic carbocycles. The highest BCUT2D eigenvalue weighted by molar-refractivity contribution is 6.09. The minimum Gasteiger partial charge on any atom is -0.465 e. The molecule has 2 fully saturated rings. The zero-order chi connectivity index (χ0) is 18.0. The Morgan fingerprint density at radius 1 is 1.25 bits per heavy atom. The number of carbonyl (C=O) groups is 4. The smallest absolute Gasteiger partial charge is 0.378 e. The summed E-state index contributed by atoms with van der Waals surface area (Å²) >= 11 is 0. The van der Waals surface area contributed by atoms with E-state index in [-0.39, 0.29) is 38.3 Å². The number of nitrogens with zero attached hydrogens (tertiary/aromatic N) is 1. The normalized spacial score (nSPS) is 29.5. The van der Waals surface area contributed by atoms with E-state index in [0.717, 1.165) is 6.42 Å². The molecule has 0 bridgehead atoms. The van der Waals surface area contributed by atoms with Crippen LogP contribution in [0.25, 0.3) is 0 Å².